The third-order valence-corrected chi connectivity index (χ3v) is 2.46. The maximum absolute atomic E-state index is 11.1. The fourth-order valence-electron chi connectivity index (χ4n) is 1.12. The fourth-order valence-corrected chi connectivity index (χ4v) is 1.12. The Morgan fingerprint density at radius 3 is 2.44 bits per heavy atom. The van der Waals surface area contributed by atoms with E-state index in [1.165, 1.54) is 0 Å². The number of amides is 1. The predicted octanol–water partition coefficient (Wildman–Crippen LogP) is 0.698. The van der Waals surface area contributed by atoms with Crippen LogP contribution in [0.3, 0.4) is 0 Å². The van der Waals surface area contributed by atoms with Gasteiger partial charge < -0.3 is 15.3 Å². The summed E-state index contributed by atoms with van der Waals surface area (Å²) in [4.78, 5) is 23.5. The molecule has 2 N–H and O–H groups in total. The number of hydrogen-bond donors (Lipinski definition) is 2. The van der Waals surface area contributed by atoms with Crippen molar-refractivity contribution in [3.63, 3.8) is 0 Å². The van der Waals surface area contributed by atoms with Gasteiger partial charge in [0.2, 0.25) is 5.91 Å². The first kappa shape index (κ1) is 14.9. The molecule has 0 aromatic carbocycles. The zero-order chi connectivity index (χ0) is 12.6. The van der Waals surface area contributed by atoms with Crippen LogP contribution in [0.15, 0.2) is 0 Å². The van der Waals surface area contributed by atoms with Crippen LogP contribution in [-0.4, -0.2) is 48.1 Å². The minimum atomic E-state index is -0.935. The summed E-state index contributed by atoms with van der Waals surface area (Å²) in [6.45, 7) is 5.77. The highest BCUT2D eigenvalue weighted by Gasteiger charge is 2.05. The van der Waals surface area contributed by atoms with Gasteiger partial charge in [0.1, 0.15) is 0 Å². The lowest BCUT2D eigenvalue weighted by Crippen LogP contribution is -2.31. The van der Waals surface area contributed by atoms with E-state index < -0.39 is 5.97 Å². The maximum atomic E-state index is 11.1. The molecule has 0 unspecified atom stereocenters. The molecule has 5 heteroatoms. The number of nitrogens with zero attached hydrogens (tertiary/aromatic N) is 1. The van der Waals surface area contributed by atoms with Gasteiger partial charge in [-0.2, -0.15) is 0 Å². The second-order valence-electron chi connectivity index (χ2n) is 4.17. The van der Waals surface area contributed by atoms with Crippen molar-refractivity contribution in [2.75, 3.05) is 20.1 Å². The molecule has 0 aliphatic rings. The lowest BCUT2D eigenvalue weighted by Gasteiger charge is -2.20. The molecule has 0 aliphatic carbocycles. The molecule has 1 amide bonds. The van der Waals surface area contributed by atoms with E-state index in [1.807, 2.05) is 7.05 Å². The van der Waals surface area contributed by atoms with Crippen molar-refractivity contribution < 1.29 is 14.7 Å². The Labute approximate surface area is 96.8 Å². The van der Waals surface area contributed by atoms with Crippen molar-refractivity contribution in [2.45, 2.75) is 39.2 Å². The second kappa shape index (κ2) is 8.10. The molecule has 0 atom stereocenters. The Bertz CT molecular complexity index is 229. The van der Waals surface area contributed by atoms with Gasteiger partial charge in [0, 0.05) is 19.0 Å². The molecule has 16 heavy (non-hydrogen) atoms. The summed E-state index contributed by atoms with van der Waals surface area (Å²) in [5.41, 5.74) is 0. The van der Waals surface area contributed by atoms with Crippen LogP contribution in [0.25, 0.3) is 0 Å². The second-order valence-corrected chi connectivity index (χ2v) is 4.17. The highest BCUT2D eigenvalue weighted by Crippen LogP contribution is 1.94. The molecule has 0 radical (unpaired) electrons. The minimum absolute atomic E-state index is 0.0648. The Morgan fingerprint density at radius 2 is 1.94 bits per heavy atom. The number of aliphatic carboxylic acids is 1. The summed E-state index contributed by atoms with van der Waals surface area (Å²) in [7, 11) is 2.04. The van der Waals surface area contributed by atoms with E-state index >= 15 is 0 Å². The van der Waals surface area contributed by atoms with Crippen LogP contribution in [0.1, 0.15) is 33.1 Å². The summed E-state index contributed by atoms with van der Waals surface area (Å²) in [6, 6.07) is 0.503. The van der Waals surface area contributed by atoms with Crippen molar-refractivity contribution in [3.05, 3.63) is 0 Å². The molecule has 0 aromatic rings. The van der Waals surface area contributed by atoms with Crippen LogP contribution < -0.4 is 5.32 Å². The van der Waals surface area contributed by atoms with E-state index in [9.17, 15) is 9.59 Å². The van der Waals surface area contributed by atoms with Gasteiger partial charge in [-0.15, -0.1) is 0 Å². The average Bonchev–Trinajstić information content (AvgIpc) is 2.20. The van der Waals surface area contributed by atoms with Crippen molar-refractivity contribution in [1.29, 1.82) is 0 Å². The normalized spacial score (nSPS) is 10.8. The monoisotopic (exact) mass is 230 g/mol. The van der Waals surface area contributed by atoms with Crippen molar-refractivity contribution in [1.82, 2.24) is 10.2 Å². The number of carbonyl (C=O) groups excluding carboxylic acids is 1. The van der Waals surface area contributed by atoms with E-state index in [-0.39, 0.29) is 18.7 Å². The first-order valence-electron chi connectivity index (χ1n) is 5.62. The van der Waals surface area contributed by atoms with E-state index in [0.29, 0.717) is 12.6 Å². The average molecular weight is 230 g/mol. The van der Waals surface area contributed by atoms with Gasteiger partial charge >= 0.3 is 5.97 Å². The number of carboxylic acids is 1. The quantitative estimate of drug-likeness (QED) is 0.602. The number of carboxylic acid groups (broad SMARTS) is 1. The predicted molar refractivity (Wildman–Crippen MR) is 62.3 cm³/mol. The van der Waals surface area contributed by atoms with Gasteiger partial charge in [0.15, 0.2) is 0 Å². The van der Waals surface area contributed by atoms with Crippen LogP contribution in [0.5, 0.6) is 0 Å². The molecular formula is C11H22N2O3. The Hall–Kier alpha value is -1.10. The Balaban J connectivity index is 3.44. The molecule has 0 heterocycles. The minimum Gasteiger partial charge on any atom is -0.481 e. The van der Waals surface area contributed by atoms with Gasteiger partial charge in [0.25, 0.3) is 0 Å². The summed E-state index contributed by atoms with van der Waals surface area (Å²) in [5.74, 6) is -1.12. The van der Waals surface area contributed by atoms with Crippen molar-refractivity contribution in [3.8, 4) is 0 Å². The summed E-state index contributed by atoms with van der Waals surface area (Å²) in [5, 5.41) is 11.1. The lowest BCUT2D eigenvalue weighted by molar-refractivity contribution is -0.138. The molecule has 0 aliphatic heterocycles. The lowest BCUT2D eigenvalue weighted by atomic mass is 10.3. The molecule has 94 valence electrons. The highest BCUT2D eigenvalue weighted by atomic mass is 16.4. The Morgan fingerprint density at radius 1 is 1.31 bits per heavy atom. The van der Waals surface area contributed by atoms with Crippen molar-refractivity contribution >= 4 is 11.9 Å². The van der Waals surface area contributed by atoms with E-state index in [2.05, 4.69) is 24.1 Å². The van der Waals surface area contributed by atoms with E-state index in [0.717, 1.165) is 13.0 Å². The Kier molecular flexibility index (Phi) is 7.54. The zero-order valence-corrected chi connectivity index (χ0v) is 10.3. The SMILES string of the molecule is CC(C)N(C)CCCNC(=O)CCC(=O)O. The summed E-state index contributed by atoms with van der Waals surface area (Å²) in [6.07, 6.45) is 0.848. The molecule has 0 aromatic heterocycles. The maximum Gasteiger partial charge on any atom is 0.303 e. The molecule has 0 saturated carbocycles. The van der Waals surface area contributed by atoms with E-state index in [4.69, 9.17) is 5.11 Å². The molecular weight excluding hydrogens is 208 g/mol. The largest absolute Gasteiger partial charge is 0.481 e. The van der Waals surface area contributed by atoms with Crippen LogP contribution >= 0.6 is 0 Å². The molecule has 0 rings (SSSR count). The van der Waals surface area contributed by atoms with Crippen LogP contribution in [0.4, 0.5) is 0 Å². The van der Waals surface area contributed by atoms with E-state index in [1.54, 1.807) is 0 Å². The number of rotatable bonds is 8. The summed E-state index contributed by atoms with van der Waals surface area (Å²) < 4.78 is 0. The van der Waals surface area contributed by atoms with Gasteiger partial charge in [-0.3, -0.25) is 9.59 Å². The standard InChI is InChI=1S/C11H22N2O3/c1-9(2)13(3)8-4-7-12-10(14)5-6-11(15)16/h9H,4-8H2,1-3H3,(H,12,14)(H,15,16). The van der Waals surface area contributed by atoms with Crippen molar-refractivity contribution in [2.24, 2.45) is 0 Å². The van der Waals surface area contributed by atoms with Crippen LogP contribution in [0, 0.1) is 0 Å². The smallest absolute Gasteiger partial charge is 0.303 e. The van der Waals surface area contributed by atoms with Gasteiger partial charge in [0.05, 0.1) is 6.42 Å². The number of hydrogen-bond acceptors (Lipinski definition) is 3. The van der Waals surface area contributed by atoms with Gasteiger partial charge in [-0.25, -0.2) is 0 Å². The summed E-state index contributed by atoms with van der Waals surface area (Å²) >= 11 is 0. The molecule has 5 nitrogen and oxygen atoms in total. The highest BCUT2D eigenvalue weighted by molar-refractivity contribution is 5.80. The number of nitrogens with one attached hydrogen (secondary N) is 1. The van der Waals surface area contributed by atoms with Gasteiger partial charge in [-0.05, 0) is 33.9 Å². The molecule has 0 saturated heterocycles. The first-order chi connectivity index (χ1) is 7.43. The molecule has 0 bridgehead atoms. The topological polar surface area (TPSA) is 69.6 Å². The number of carbonyl (C=O) groups is 2. The fraction of sp³-hybridized carbons (Fsp3) is 0.818. The molecule has 0 fully saturated rings. The molecule has 0 spiro atoms. The van der Waals surface area contributed by atoms with Gasteiger partial charge in [-0.1, -0.05) is 0 Å². The zero-order valence-electron chi connectivity index (χ0n) is 10.3. The third-order valence-electron chi connectivity index (χ3n) is 2.46. The van der Waals surface area contributed by atoms with Crippen LogP contribution in [0.2, 0.25) is 0 Å². The third kappa shape index (κ3) is 8.23. The first-order valence-corrected chi connectivity index (χ1v) is 5.62. The van der Waals surface area contributed by atoms with Crippen LogP contribution in [-0.2, 0) is 9.59 Å².